The molecule has 0 unspecified atom stereocenters. The van der Waals surface area contributed by atoms with E-state index >= 15 is 0 Å². The number of rotatable bonds is 8. The average Bonchev–Trinajstić information content (AvgIpc) is 3.00. The van der Waals surface area contributed by atoms with E-state index in [1.165, 1.54) is 38.6 Å². The van der Waals surface area contributed by atoms with Crippen LogP contribution in [0.1, 0.15) is 6.42 Å². The van der Waals surface area contributed by atoms with Crippen molar-refractivity contribution in [1.82, 2.24) is 15.3 Å². The van der Waals surface area contributed by atoms with Gasteiger partial charge in [-0.25, -0.2) is 14.8 Å². The molecule has 37 heavy (non-hydrogen) atoms. The van der Waals surface area contributed by atoms with Crippen LogP contribution in [0.25, 0.3) is 0 Å². The van der Waals surface area contributed by atoms with Crippen LogP contribution in [0.4, 0.5) is 27.8 Å². The molecule has 1 heterocycles. The highest BCUT2D eigenvalue weighted by Crippen LogP contribution is 2.32. The van der Waals surface area contributed by atoms with Gasteiger partial charge < -0.3 is 25.4 Å². The molecule has 0 fully saturated rings. The van der Waals surface area contributed by atoms with Gasteiger partial charge in [0.15, 0.2) is 0 Å². The molecule has 2 aromatic rings. The number of benzene rings is 1. The third-order valence-electron chi connectivity index (χ3n) is 5.00. The van der Waals surface area contributed by atoms with Crippen LogP contribution in [0.3, 0.4) is 0 Å². The summed E-state index contributed by atoms with van der Waals surface area (Å²) < 4.78 is 10.6. The number of carbonyl (C=O) groups excluding carboxylic acids is 2. The Kier molecular flexibility index (Phi) is 9.78. The Morgan fingerprint density at radius 3 is 2.49 bits per heavy atom. The van der Waals surface area contributed by atoms with Gasteiger partial charge in [0.25, 0.3) is 0 Å². The average molecular weight is 566 g/mol. The molecule has 3 rings (SSSR count). The fourth-order valence-corrected chi connectivity index (χ4v) is 3.76. The second-order valence-electron chi connectivity index (χ2n) is 7.36. The molecule has 194 valence electrons. The molecule has 1 aromatic heterocycles. The van der Waals surface area contributed by atoms with Gasteiger partial charge in [-0.15, -0.1) is 0 Å². The number of nitrogens with zero attached hydrogens (tertiary/aromatic N) is 3. The van der Waals surface area contributed by atoms with Crippen molar-refractivity contribution < 1.29 is 19.1 Å². The van der Waals surface area contributed by atoms with Crippen LogP contribution in [-0.2, 0) is 14.3 Å². The van der Waals surface area contributed by atoms with E-state index in [1.807, 2.05) is 0 Å². The minimum absolute atomic E-state index is 0.116. The lowest BCUT2D eigenvalue weighted by atomic mass is 10.2. The predicted molar refractivity (Wildman–Crippen MR) is 145 cm³/mol. The largest absolute Gasteiger partial charge is 0.495 e. The molecule has 1 aromatic carbocycles. The number of anilines is 4. The Labute approximate surface area is 228 Å². The van der Waals surface area contributed by atoms with Gasteiger partial charge in [-0.2, -0.15) is 0 Å². The Hall–Kier alpha value is -3.73. The molecule has 3 amide bonds. The third-order valence-corrected chi connectivity index (χ3v) is 5.86. The third kappa shape index (κ3) is 7.16. The molecule has 3 N–H and O–H groups in total. The van der Waals surface area contributed by atoms with Crippen molar-refractivity contribution in [3.63, 3.8) is 0 Å². The standard InChI is InChI=1S/C24H23Cl3N6O4/c1-33(24(35)32-17-10-14(26)18(36-2)11-19(37-3)23(17)27)21-12-20(28-13-29-21)30-15-6-4-5-7-16(15)31-22(34)8-9-25/h4-9,11-13H,10H2,1-3H3,(H,31,34)(H,32,35)(H,28,29,30)/b9-8-. The summed E-state index contributed by atoms with van der Waals surface area (Å²) in [6.07, 6.45) is 4.15. The van der Waals surface area contributed by atoms with Gasteiger partial charge in [0.2, 0.25) is 5.91 Å². The molecule has 0 spiro atoms. The monoisotopic (exact) mass is 564 g/mol. The van der Waals surface area contributed by atoms with Crippen LogP contribution in [0.15, 0.2) is 81.6 Å². The number of ether oxygens (including phenoxy) is 2. The van der Waals surface area contributed by atoms with E-state index in [0.29, 0.717) is 33.7 Å². The highest BCUT2D eigenvalue weighted by Gasteiger charge is 2.23. The minimum Gasteiger partial charge on any atom is -0.495 e. The Balaban J connectivity index is 1.79. The van der Waals surface area contributed by atoms with Gasteiger partial charge in [0.1, 0.15) is 34.5 Å². The molecule has 0 bridgehead atoms. The van der Waals surface area contributed by atoms with Crippen LogP contribution in [-0.4, -0.2) is 43.2 Å². The quantitative estimate of drug-likeness (QED) is 0.360. The van der Waals surface area contributed by atoms with E-state index in [4.69, 9.17) is 44.3 Å². The Morgan fingerprint density at radius 2 is 1.81 bits per heavy atom. The van der Waals surface area contributed by atoms with E-state index in [1.54, 1.807) is 36.4 Å². The fourth-order valence-electron chi connectivity index (χ4n) is 3.13. The molecule has 1 aliphatic rings. The number of nitrogens with one attached hydrogen (secondary N) is 3. The number of halogens is 3. The lowest BCUT2D eigenvalue weighted by Crippen LogP contribution is -2.37. The first-order valence-electron chi connectivity index (χ1n) is 10.6. The normalized spacial score (nSPS) is 13.6. The highest BCUT2D eigenvalue weighted by atomic mass is 35.5. The van der Waals surface area contributed by atoms with E-state index in [0.717, 1.165) is 5.54 Å². The minimum atomic E-state index is -0.529. The van der Waals surface area contributed by atoms with E-state index in [-0.39, 0.29) is 23.0 Å². The molecule has 13 heteroatoms. The van der Waals surface area contributed by atoms with Crippen molar-refractivity contribution in [3.8, 4) is 0 Å². The lowest BCUT2D eigenvalue weighted by molar-refractivity contribution is -0.111. The van der Waals surface area contributed by atoms with Crippen molar-refractivity contribution in [3.05, 3.63) is 81.6 Å². The van der Waals surface area contributed by atoms with Gasteiger partial charge in [0.05, 0.1) is 30.6 Å². The van der Waals surface area contributed by atoms with E-state index in [2.05, 4.69) is 25.9 Å². The van der Waals surface area contributed by atoms with Gasteiger partial charge in [-0.1, -0.05) is 46.9 Å². The smallest absolute Gasteiger partial charge is 0.327 e. The van der Waals surface area contributed by atoms with E-state index in [9.17, 15) is 9.59 Å². The molecule has 0 saturated carbocycles. The van der Waals surface area contributed by atoms with Crippen LogP contribution in [0.2, 0.25) is 0 Å². The van der Waals surface area contributed by atoms with Crippen LogP contribution in [0.5, 0.6) is 0 Å². The summed E-state index contributed by atoms with van der Waals surface area (Å²) in [6, 6.07) is 8.06. The summed E-state index contributed by atoms with van der Waals surface area (Å²) in [6.45, 7) is 0. The van der Waals surface area contributed by atoms with E-state index < -0.39 is 11.9 Å². The first-order chi connectivity index (χ1) is 17.8. The topological polar surface area (TPSA) is 118 Å². The first-order valence-corrected chi connectivity index (χ1v) is 11.8. The maximum Gasteiger partial charge on any atom is 0.327 e. The Bertz CT molecular complexity index is 1310. The van der Waals surface area contributed by atoms with Gasteiger partial charge >= 0.3 is 6.03 Å². The first kappa shape index (κ1) is 27.9. The molecular weight excluding hydrogens is 543 g/mol. The van der Waals surface area contributed by atoms with Gasteiger partial charge in [-0.3, -0.25) is 9.69 Å². The second-order valence-corrected chi connectivity index (χ2v) is 8.44. The fraction of sp³-hybridized carbons (Fsp3) is 0.167. The Morgan fingerprint density at radius 1 is 1.08 bits per heavy atom. The van der Waals surface area contributed by atoms with Crippen LogP contribution < -0.4 is 20.9 Å². The maximum absolute atomic E-state index is 13.1. The van der Waals surface area contributed by atoms with Gasteiger partial charge in [-0.05, 0) is 12.1 Å². The summed E-state index contributed by atoms with van der Waals surface area (Å²) in [5.41, 5.74) is 2.52. The zero-order chi connectivity index (χ0) is 26.9. The summed E-state index contributed by atoms with van der Waals surface area (Å²) in [7, 11) is 4.45. The van der Waals surface area contributed by atoms with Gasteiger partial charge in [0, 0.05) is 42.9 Å². The number of hydrogen-bond acceptors (Lipinski definition) is 7. The number of carbonyl (C=O) groups is 2. The lowest BCUT2D eigenvalue weighted by Gasteiger charge is -2.20. The molecule has 0 atom stereocenters. The number of aromatic nitrogens is 2. The van der Waals surface area contributed by atoms with Crippen molar-refractivity contribution >= 4 is 69.8 Å². The van der Waals surface area contributed by atoms with Crippen LogP contribution >= 0.6 is 34.8 Å². The highest BCUT2D eigenvalue weighted by molar-refractivity contribution is 6.33. The molecule has 0 aliphatic heterocycles. The molecule has 0 radical (unpaired) electrons. The number of para-hydroxylation sites is 2. The molecule has 0 saturated heterocycles. The number of urea groups is 1. The zero-order valence-electron chi connectivity index (χ0n) is 20.0. The summed E-state index contributed by atoms with van der Waals surface area (Å²) in [4.78, 5) is 34.6. The van der Waals surface area contributed by atoms with Crippen molar-refractivity contribution in [2.24, 2.45) is 0 Å². The maximum atomic E-state index is 13.1. The van der Waals surface area contributed by atoms with Crippen molar-refractivity contribution in [1.29, 1.82) is 0 Å². The van der Waals surface area contributed by atoms with Crippen molar-refractivity contribution in [2.75, 3.05) is 36.8 Å². The molecular formula is C24H23Cl3N6O4. The number of allylic oxidation sites excluding steroid dienone is 3. The zero-order valence-corrected chi connectivity index (χ0v) is 22.3. The predicted octanol–water partition coefficient (Wildman–Crippen LogP) is 5.54. The summed E-state index contributed by atoms with van der Waals surface area (Å²) in [5.74, 6) is 0.929. The summed E-state index contributed by atoms with van der Waals surface area (Å²) in [5, 5.41) is 9.10. The number of methoxy groups -OCH3 is 2. The second kappa shape index (κ2) is 13.0. The number of hydrogen-bond donors (Lipinski definition) is 3. The van der Waals surface area contributed by atoms with Crippen LogP contribution in [0, 0.1) is 0 Å². The molecule has 1 aliphatic carbocycles. The van der Waals surface area contributed by atoms with Crippen molar-refractivity contribution in [2.45, 2.75) is 6.42 Å². The summed E-state index contributed by atoms with van der Waals surface area (Å²) >= 11 is 18.3. The number of amides is 3. The molecule has 10 nitrogen and oxygen atoms in total. The SMILES string of the molecule is COC1=CC(OC)=C(Cl)CC(NC(=O)N(C)c2cc(Nc3ccccc3NC(=O)/C=C\Cl)ncn2)=C1Cl.